The number of carbonyl (C=O) groups is 2. The summed E-state index contributed by atoms with van der Waals surface area (Å²) in [6, 6.07) is 14.9. The molecule has 0 unspecified atom stereocenters. The summed E-state index contributed by atoms with van der Waals surface area (Å²) in [6.45, 7) is 1.79. The van der Waals surface area contributed by atoms with Gasteiger partial charge in [-0.1, -0.05) is 18.2 Å². The van der Waals surface area contributed by atoms with E-state index in [1.165, 1.54) is 24.3 Å². The smallest absolute Gasteiger partial charge is 0.253 e. The number of hydrogen-bond donors (Lipinski definition) is 1. The van der Waals surface area contributed by atoms with Crippen molar-refractivity contribution < 1.29 is 18.7 Å². The molecule has 0 spiro atoms. The first-order valence-corrected chi connectivity index (χ1v) is 9.14. The zero-order valence-corrected chi connectivity index (χ0v) is 15.1. The number of carbonyl (C=O) groups excluding carboxylic acids is 2. The molecule has 0 bridgehead atoms. The van der Waals surface area contributed by atoms with Gasteiger partial charge in [0, 0.05) is 18.7 Å². The summed E-state index contributed by atoms with van der Waals surface area (Å²) in [5.41, 5.74) is 0.439. The third-order valence-electron chi connectivity index (χ3n) is 4.58. The first-order valence-electron chi connectivity index (χ1n) is 9.14. The third-order valence-corrected chi connectivity index (χ3v) is 4.58. The number of ether oxygens (including phenoxy) is 1. The third kappa shape index (κ3) is 5.29. The van der Waals surface area contributed by atoms with Gasteiger partial charge in [0.05, 0.1) is 12.5 Å². The van der Waals surface area contributed by atoms with E-state index >= 15 is 0 Å². The number of hydrogen-bond acceptors (Lipinski definition) is 3. The number of likely N-dealkylation sites (tertiary alicyclic amines) is 1. The standard InChI is InChI=1S/C21H23FN2O3/c22-18-10-8-16(9-11-18)21(26)24-13-4-5-17(15-24)20(25)23-12-14-27-19-6-2-1-3-7-19/h1-3,6-11,17H,4-5,12-15H2,(H,23,25)/t17-/m0/s1. The highest BCUT2D eigenvalue weighted by Crippen LogP contribution is 2.19. The maximum absolute atomic E-state index is 13.0. The fourth-order valence-electron chi connectivity index (χ4n) is 3.15. The predicted molar refractivity (Wildman–Crippen MR) is 100.0 cm³/mol. The Morgan fingerprint density at radius 1 is 1.11 bits per heavy atom. The van der Waals surface area contributed by atoms with E-state index in [9.17, 15) is 14.0 Å². The molecule has 1 atom stereocenters. The number of nitrogens with zero attached hydrogens (tertiary/aromatic N) is 1. The molecule has 0 saturated carbocycles. The monoisotopic (exact) mass is 370 g/mol. The number of rotatable bonds is 6. The second kappa shape index (κ2) is 9.16. The number of piperidine rings is 1. The molecule has 2 aromatic carbocycles. The quantitative estimate of drug-likeness (QED) is 0.796. The van der Waals surface area contributed by atoms with Crippen LogP contribution in [-0.2, 0) is 4.79 Å². The van der Waals surface area contributed by atoms with E-state index in [-0.39, 0.29) is 23.5 Å². The SMILES string of the molecule is O=C(NCCOc1ccccc1)[C@H]1CCCN(C(=O)c2ccc(F)cc2)C1. The molecular weight excluding hydrogens is 347 g/mol. The van der Waals surface area contributed by atoms with Crippen molar-refractivity contribution in [3.05, 3.63) is 66.0 Å². The van der Waals surface area contributed by atoms with E-state index in [1.54, 1.807) is 4.90 Å². The predicted octanol–water partition coefficient (Wildman–Crippen LogP) is 2.87. The molecule has 1 saturated heterocycles. The van der Waals surface area contributed by atoms with Gasteiger partial charge in [-0.2, -0.15) is 0 Å². The van der Waals surface area contributed by atoms with Gasteiger partial charge in [0.1, 0.15) is 18.2 Å². The lowest BCUT2D eigenvalue weighted by Gasteiger charge is -2.32. The van der Waals surface area contributed by atoms with Gasteiger partial charge >= 0.3 is 0 Å². The van der Waals surface area contributed by atoms with Crippen molar-refractivity contribution >= 4 is 11.8 Å². The van der Waals surface area contributed by atoms with Crippen LogP contribution < -0.4 is 10.1 Å². The van der Waals surface area contributed by atoms with Gasteiger partial charge in [0.25, 0.3) is 5.91 Å². The van der Waals surface area contributed by atoms with Crippen LogP contribution in [0.5, 0.6) is 5.75 Å². The van der Waals surface area contributed by atoms with Crippen molar-refractivity contribution in [2.45, 2.75) is 12.8 Å². The Labute approximate surface area is 158 Å². The van der Waals surface area contributed by atoms with E-state index in [4.69, 9.17) is 4.74 Å². The molecule has 5 nitrogen and oxygen atoms in total. The molecule has 1 heterocycles. The molecule has 0 radical (unpaired) electrons. The van der Waals surface area contributed by atoms with Gasteiger partial charge in [0.15, 0.2) is 0 Å². The van der Waals surface area contributed by atoms with Crippen molar-refractivity contribution in [1.29, 1.82) is 0 Å². The highest BCUT2D eigenvalue weighted by molar-refractivity contribution is 5.94. The van der Waals surface area contributed by atoms with Crippen LogP contribution in [-0.4, -0.2) is 43.0 Å². The highest BCUT2D eigenvalue weighted by Gasteiger charge is 2.28. The maximum atomic E-state index is 13.0. The summed E-state index contributed by atoms with van der Waals surface area (Å²) in [5.74, 6) is -0.0799. The second-order valence-electron chi connectivity index (χ2n) is 6.55. The lowest BCUT2D eigenvalue weighted by molar-refractivity contribution is -0.126. The zero-order valence-electron chi connectivity index (χ0n) is 15.1. The van der Waals surface area contributed by atoms with E-state index in [1.807, 2.05) is 30.3 Å². The van der Waals surface area contributed by atoms with Gasteiger partial charge in [-0.15, -0.1) is 0 Å². The molecule has 6 heteroatoms. The van der Waals surface area contributed by atoms with Gasteiger partial charge < -0.3 is 15.0 Å². The van der Waals surface area contributed by atoms with Crippen molar-refractivity contribution in [3.8, 4) is 5.75 Å². The van der Waals surface area contributed by atoms with Crippen molar-refractivity contribution in [1.82, 2.24) is 10.2 Å². The van der Waals surface area contributed by atoms with Gasteiger partial charge in [-0.05, 0) is 49.2 Å². The summed E-state index contributed by atoms with van der Waals surface area (Å²) in [6.07, 6.45) is 1.52. The molecule has 1 fully saturated rings. The van der Waals surface area contributed by atoms with Crippen LogP contribution in [0.15, 0.2) is 54.6 Å². The van der Waals surface area contributed by atoms with Crippen molar-refractivity contribution in [3.63, 3.8) is 0 Å². The summed E-state index contributed by atoms with van der Waals surface area (Å²) >= 11 is 0. The number of nitrogens with one attached hydrogen (secondary N) is 1. The van der Waals surface area contributed by atoms with Crippen LogP contribution in [0.1, 0.15) is 23.2 Å². The summed E-state index contributed by atoms with van der Waals surface area (Å²) < 4.78 is 18.6. The number of amides is 2. The van der Waals surface area contributed by atoms with Crippen LogP contribution in [0, 0.1) is 11.7 Å². The average molecular weight is 370 g/mol. The van der Waals surface area contributed by atoms with Gasteiger partial charge in [-0.3, -0.25) is 9.59 Å². The summed E-state index contributed by atoms with van der Waals surface area (Å²) in [5, 5.41) is 2.88. The van der Waals surface area contributed by atoms with Crippen LogP contribution in [0.25, 0.3) is 0 Å². The van der Waals surface area contributed by atoms with E-state index in [0.717, 1.165) is 18.6 Å². The van der Waals surface area contributed by atoms with Gasteiger partial charge in [0.2, 0.25) is 5.91 Å². The molecule has 0 aliphatic carbocycles. The van der Waals surface area contributed by atoms with Crippen molar-refractivity contribution in [2.75, 3.05) is 26.2 Å². The van der Waals surface area contributed by atoms with Gasteiger partial charge in [-0.25, -0.2) is 4.39 Å². The van der Waals surface area contributed by atoms with E-state index < -0.39 is 0 Å². The molecule has 1 N–H and O–H groups in total. The lowest BCUT2D eigenvalue weighted by atomic mass is 9.96. The molecule has 27 heavy (non-hydrogen) atoms. The fourth-order valence-corrected chi connectivity index (χ4v) is 3.15. The Balaban J connectivity index is 1.46. The van der Waals surface area contributed by atoms with E-state index in [2.05, 4.69) is 5.32 Å². The molecule has 2 aromatic rings. The minimum absolute atomic E-state index is 0.0664. The van der Waals surface area contributed by atoms with Crippen LogP contribution >= 0.6 is 0 Å². The Bertz CT molecular complexity index is 765. The highest BCUT2D eigenvalue weighted by atomic mass is 19.1. The Morgan fingerprint density at radius 2 is 1.85 bits per heavy atom. The van der Waals surface area contributed by atoms with Crippen molar-refractivity contribution in [2.24, 2.45) is 5.92 Å². The molecule has 3 rings (SSSR count). The molecule has 1 aliphatic rings. The summed E-state index contributed by atoms with van der Waals surface area (Å²) in [7, 11) is 0. The van der Waals surface area contributed by atoms with Crippen LogP contribution in [0.4, 0.5) is 4.39 Å². The number of para-hydroxylation sites is 1. The zero-order chi connectivity index (χ0) is 19.1. The van der Waals surface area contributed by atoms with E-state index in [0.29, 0.717) is 31.8 Å². The molecule has 2 amide bonds. The van der Waals surface area contributed by atoms with Crippen LogP contribution in [0.2, 0.25) is 0 Å². The largest absolute Gasteiger partial charge is 0.492 e. The topological polar surface area (TPSA) is 58.6 Å². The maximum Gasteiger partial charge on any atom is 0.253 e. The number of benzene rings is 2. The van der Waals surface area contributed by atoms with Crippen LogP contribution in [0.3, 0.4) is 0 Å². The average Bonchev–Trinajstić information content (AvgIpc) is 2.72. The fraction of sp³-hybridized carbons (Fsp3) is 0.333. The number of halogens is 1. The Hall–Kier alpha value is -2.89. The molecule has 1 aliphatic heterocycles. The minimum Gasteiger partial charge on any atom is -0.492 e. The summed E-state index contributed by atoms with van der Waals surface area (Å²) in [4.78, 5) is 26.6. The first kappa shape index (κ1) is 18.9. The minimum atomic E-state index is -0.375. The Morgan fingerprint density at radius 3 is 2.59 bits per heavy atom. The Kier molecular flexibility index (Phi) is 6.41. The second-order valence-corrected chi connectivity index (χ2v) is 6.55. The molecule has 0 aromatic heterocycles. The molecular formula is C21H23FN2O3. The lowest BCUT2D eigenvalue weighted by Crippen LogP contribution is -2.46. The first-order chi connectivity index (χ1) is 13.1. The molecule has 142 valence electrons. The normalized spacial score (nSPS) is 16.6.